The number of hydrogen-bond acceptors (Lipinski definition) is 3. The molecule has 0 aliphatic rings. The van der Waals surface area contributed by atoms with Gasteiger partial charge in [0.1, 0.15) is 5.75 Å². The molecule has 0 radical (unpaired) electrons. The van der Waals surface area contributed by atoms with Crippen LogP contribution in [0.4, 0.5) is 0 Å². The summed E-state index contributed by atoms with van der Waals surface area (Å²) in [5.41, 5.74) is 7.47. The summed E-state index contributed by atoms with van der Waals surface area (Å²) in [4.78, 5) is 0. The van der Waals surface area contributed by atoms with Gasteiger partial charge in [0.15, 0.2) is 0 Å². The van der Waals surface area contributed by atoms with Crippen molar-refractivity contribution >= 4 is 10.9 Å². The van der Waals surface area contributed by atoms with E-state index in [9.17, 15) is 5.11 Å². The van der Waals surface area contributed by atoms with Crippen LogP contribution < -0.4 is 11.6 Å². The van der Waals surface area contributed by atoms with Gasteiger partial charge in [-0.25, -0.2) is 0 Å². The van der Waals surface area contributed by atoms with Gasteiger partial charge in [0.05, 0.1) is 5.52 Å². The van der Waals surface area contributed by atoms with E-state index in [2.05, 4.69) is 0 Å². The standard InChI is InChI=1S/C10H13N3O/c11-4-3-7-6-13(12)10-2-1-8(14)5-9(7)10/h1-2,5-6,14H,3-4,11-12H2. The molecule has 74 valence electrons. The minimum absolute atomic E-state index is 0.252. The first-order chi connectivity index (χ1) is 6.72. The molecule has 0 fully saturated rings. The number of aromatic hydroxyl groups is 1. The van der Waals surface area contributed by atoms with Crippen LogP contribution in [-0.4, -0.2) is 16.3 Å². The Kier molecular flexibility index (Phi) is 2.05. The highest BCUT2D eigenvalue weighted by Gasteiger charge is 2.06. The van der Waals surface area contributed by atoms with Crippen LogP contribution in [0.1, 0.15) is 5.56 Å². The van der Waals surface area contributed by atoms with Crippen LogP contribution in [0, 0.1) is 0 Å². The number of benzene rings is 1. The maximum atomic E-state index is 9.35. The lowest BCUT2D eigenvalue weighted by atomic mass is 10.1. The van der Waals surface area contributed by atoms with Gasteiger partial charge in [-0.05, 0) is 36.7 Å². The summed E-state index contributed by atoms with van der Waals surface area (Å²) in [6.07, 6.45) is 2.61. The van der Waals surface area contributed by atoms with Crippen molar-refractivity contribution in [2.45, 2.75) is 6.42 Å². The summed E-state index contributed by atoms with van der Waals surface area (Å²) < 4.78 is 1.56. The minimum atomic E-state index is 0.252. The Hall–Kier alpha value is -1.68. The second kappa shape index (κ2) is 3.23. The van der Waals surface area contributed by atoms with Crippen LogP contribution in [0.2, 0.25) is 0 Å². The van der Waals surface area contributed by atoms with Crippen molar-refractivity contribution in [3.63, 3.8) is 0 Å². The SMILES string of the molecule is NCCc1cn(N)c2ccc(O)cc12. The fourth-order valence-corrected chi connectivity index (χ4v) is 1.67. The van der Waals surface area contributed by atoms with Crippen molar-refractivity contribution in [3.8, 4) is 5.75 Å². The maximum Gasteiger partial charge on any atom is 0.116 e. The van der Waals surface area contributed by atoms with Crippen molar-refractivity contribution in [1.29, 1.82) is 0 Å². The Balaban J connectivity index is 2.66. The molecule has 0 aliphatic carbocycles. The van der Waals surface area contributed by atoms with Crippen LogP contribution in [0.25, 0.3) is 10.9 Å². The van der Waals surface area contributed by atoms with Crippen LogP contribution in [0.3, 0.4) is 0 Å². The Morgan fingerprint density at radius 2 is 2.14 bits per heavy atom. The van der Waals surface area contributed by atoms with Crippen molar-refractivity contribution < 1.29 is 5.11 Å². The number of fused-ring (bicyclic) bond motifs is 1. The summed E-state index contributed by atoms with van der Waals surface area (Å²) in [6, 6.07) is 5.13. The molecule has 4 nitrogen and oxygen atoms in total. The molecular weight excluding hydrogens is 178 g/mol. The summed E-state index contributed by atoms with van der Waals surface area (Å²) in [5.74, 6) is 6.00. The van der Waals surface area contributed by atoms with E-state index in [-0.39, 0.29) is 5.75 Å². The predicted molar refractivity (Wildman–Crippen MR) is 56.5 cm³/mol. The maximum absolute atomic E-state index is 9.35. The second-order valence-electron chi connectivity index (χ2n) is 3.30. The minimum Gasteiger partial charge on any atom is -0.508 e. The number of hydrogen-bond donors (Lipinski definition) is 3. The molecule has 0 amide bonds. The summed E-state index contributed by atoms with van der Waals surface area (Å²) >= 11 is 0. The van der Waals surface area contributed by atoms with Gasteiger partial charge in [0, 0.05) is 11.6 Å². The average molecular weight is 191 g/mol. The molecule has 1 aromatic heterocycles. The molecule has 1 aromatic carbocycles. The Bertz CT molecular complexity index is 462. The van der Waals surface area contributed by atoms with Gasteiger partial charge >= 0.3 is 0 Å². The highest BCUT2D eigenvalue weighted by molar-refractivity contribution is 5.85. The highest BCUT2D eigenvalue weighted by atomic mass is 16.3. The molecule has 2 aromatic rings. The van der Waals surface area contributed by atoms with Crippen molar-refractivity contribution in [2.75, 3.05) is 12.4 Å². The monoisotopic (exact) mass is 191 g/mol. The normalized spacial score (nSPS) is 10.9. The van der Waals surface area contributed by atoms with Crippen LogP contribution in [0.15, 0.2) is 24.4 Å². The zero-order valence-electron chi connectivity index (χ0n) is 7.77. The lowest BCUT2D eigenvalue weighted by Gasteiger charge is -1.97. The van der Waals surface area contributed by atoms with E-state index in [1.165, 1.54) is 0 Å². The smallest absolute Gasteiger partial charge is 0.116 e. The summed E-state index contributed by atoms with van der Waals surface area (Å²) in [7, 11) is 0. The topological polar surface area (TPSA) is 77.2 Å². The first-order valence-electron chi connectivity index (χ1n) is 4.50. The van der Waals surface area contributed by atoms with Crippen molar-refractivity contribution in [2.24, 2.45) is 5.73 Å². The third-order valence-electron chi connectivity index (χ3n) is 2.31. The van der Waals surface area contributed by atoms with Crippen LogP contribution >= 0.6 is 0 Å². The van der Waals surface area contributed by atoms with Crippen molar-refractivity contribution in [1.82, 2.24) is 4.68 Å². The molecule has 4 heteroatoms. The van der Waals surface area contributed by atoms with Gasteiger partial charge < -0.3 is 16.7 Å². The molecule has 1 heterocycles. The predicted octanol–water partition coefficient (Wildman–Crippen LogP) is 0.562. The molecule has 2 rings (SSSR count). The van der Waals surface area contributed by atoms with Crippen LogP contribution in [-0.2, 0) is 6.42 Å². The number of nitrogens with two attached hydrogens (primary N) is 2. The van der Waals surface area contributed by atoms with Gasteiger partial charge in [-0.2, -0.15) is 0 Å². The molecule has 5 N–H and O–H groups in total. The molecule has 0 unspecified atom stereocenters. The molecule has 14 heavy (non-hydrogen) atoms. The number of aromatic nitrogens is 1. The third kappa shape index (κ3) is 1.29. The molecular formula is C10H13N3O. The van der Waals surface area contributed by atoms with E-state index in [4.69, 9.17) is 11.6 Å². The fourth-order valence-electron chi connectivity index (χ4n) is 1.67. The zero-order valence-corrected chi connectivity index (χ0v) is 7.77. The number of nitrogen functional groups attached to an aromatic ring is 1. The van der Waals surface area contributed by atoms with Gasteiger partial charge in [0.2, 0.25) is 0 Å². The lowest BCUT2D eigenvalue weighted by molar-refractivity contribution is 0.476. The number of phenols is 1. The first-order valence-corrected chi connectivity index (χ1v) is 4.50. The zero-order chi connectivity index (χ0) is 10.1. The quantitative estimate of drug-likeness (QED) is 0.607. The van der Waals surface area contributed by atoms with E-state index < -0.39 is 0 Å². The second-order valence-corrected chi connectivity index (χ2v) is 3.30. The Labute approximate surface area is 81.7 Å². The Morgan fingerprint density at radius 1 is 1.36 bits per heavy atom. The molecule has 0 bridgehead atoms. The van der Waals surface area contributed by atoms with Gasteiger partial charge in [-0.3, -0.25) is 4.68 Å². The number of phenolic OH excluding ortho intramolecular Hbond substituents is 1. The molecule has 0 aliphatic heterocycles. The highest BCUT2D eigenvalue weighted by Crippen LogP contribution is 2.24. The molecule has 0 spiro atoms. The first kappa shape index (κ1) is 8.90. The number of rotatable bonds is 2. The lowest BCUT2D eigenvalue weighted by Crippen LogP contribution is -2.05. The number of nitrogens with zero attached hydrogens (tertiary/aromatic N) is 1. The molecule has 0 atom stereocenters. The van der Waals surface area contributed by atoms with E-state index >= 15 is 0 Å². The van der Waals surface area contributed by atoms with E-state index in [0.29, 0.717) is 6.54 Å². The molecule has 0 saturated heterocycles. The molecule has 0 saturated carbocycles. The van der Waals surface area contributed by atoms with E-state index in [0.717, 1.165) is 22.9 Å². The summed E-state index contributed by atoms with van der Waals surface area (Å²) in [5, 5.41) is 10.3. The third-order valence-corrected chi connectivity index (χ3v) is 2.31. The van der Waals surface area contributed by atoms with Crippen molar-refractivity contribution in [3.05, 3.63) is 30.0 Å². The van der Waals surface area contributed by atoms with Gasteiger partial charge in [0.25, 0.3) is 0 Å². The van der Waals surface area contributed by atoms with Crippen LogP contribution in [0.5, 0.6) is 5.75 Å². The summed E-state index contributed by atoms with van der Waals surface area (Å²) in [6.45, 7) is 0.578. The average Bonchev–Trinajstić information content (AvgIpc) is 2.44. The Morgan fingerprint density at radius 3 is 2.86 bits per heavy atom. The fraction of sp³-hybridized carbons (Fsp3) is 0.200. The largest absolute Gasteiger partial charge is 0.508 e. The van der Waals surface area contributed by atoms with Gasteiger partial charge in [-0.1, -0.05) is 0 Å². The van der Waals surface area contributed by atoms with E-state index in [1.807, 2.05) is 6.20 Å². The van der Waals surface area contributed by atoms with Gasteiger partial charge in [-0.15, -0.1) is 0 Å². The van der Waals surface area contributed by atoms with E-state index in [1.54, 1.807) is 22.9 Å².